The van der Waals surface area contributed by atoms with Gasteiger partial charge in [-0.25, -0.2) is 0 Å². The van der Waals surface area contributed by atoms with Gasteiger partial charge >= 0.3 is 0 Å². The Labute approximate surface area is 199 Å². The van der Waals surface area contributed by atoms with Gasteiger partial charge in [-0.3, -0.25) is 4.79 Å². The number of rotatable bonds is 6. The number of hydrogen-bond acceptors (Lipinski definition) is 5. The van der Waals surface area contributed by atoms with E-state index in [2.05, 4.69) is 29.2 Å². The van der Waals surface area contributed by atoms with Crippen LogP contribution in [-0.4, -0.2) is 44.1 Å². The van der Waals surface area contributed by atoms with E-state index in [4.69, 9.17) is 13.9 Å². The van der Waals surface area contributed by atoms with E-state index in [1.165, 1.54) is 5.39 Å². The van der Waals surface area contributed by atoms with Gasteiger partial charge in [0.1, 0.15) is 23.9 Å². The van der Waals surface area contributed by atoms with E-state index in [0.29, 0.717) is 24.6 Å². The molecule has 0 aliphatic carbocycles. The van der Waals surface area contributed by atoms with Crippen LogP contribution in [0.5, 0.6) is 11.5 Å². The smallest absolute Gasteiger partial charge is 0.289 e. The molecule has 0 spiro atoms. The SMILES string of the molecule is COc1ccc(N2CCCN(C(=O)c3ccc(COc4ccc5ccccc5c4)o3)CC2)cc1. The summed E-state index contributed by atoms with van der Waals surface area (Å²) in [6, 6.07) is 25.8. The number of carbonyl (C=O) groups is 1. The first-order valence-electron chi connectivity index (χ1n) is 11.6. The minimum Gasteiger partial charge on any atom is -0.497 e. The van der Waals surface area contributed by atoms with Gasteiger partial charge in [-0.1, -0.05) is 30.3 Å². The van der Waals surface area contributed by atoms with E-state index in [9.17, 15) is 4.79 Å². The second kappa shape index (κ2) is 9.91. The van der Waals surface area contributed by atoms with Crippen molar-refractivity contribution in [2.24, 2.45) is 0 Å². The summed E-state index contributed by atoms with van der Waals surface area (Å²) in [4.78, 5) is 17.2. The van der Waals surface area contributed by atoms with Crippen molar-refractivity contribution < 1.29 is 18.7 Å². The zero-order valence-electron chi connectivity index (χ0n) is 19.3. The number of benzene rings is 3. The van der Waals surface area contributed by atoms with Crippen molar-refractivity contribution in [2.45, 2.75) is 13.0 Å². The lowest BCUT2D eigenvalue weighted by Crippen LogP contribution is -2.35. The Morgan fingerprint density at radius 1 is 0.853 bits per heavy atom. The van der Waals surface area contributed by atoms with Crippen LogP contribution in [-0.2, 0) is 6.61 Å². The first kappa shape index (κ1) is 21.9. The van der Waals surface area contributed by atoms with Crippen LogP contribution in [0.25, 0.3) is 10.8 Å². The average Bonchev–Trinajstić information content (AvgIpc) is 3.23. The van der Waals surface area contributed by atoms with E-state index < -0.39 is 0 Å². The van der Waals surface area contributed by atoms with Crippen LogP contribution in [0.3, 0.4) is 0 Å². The first-order valence-corrected chi connectivity index (χ1v) is 11.6. The number of carbonyl (C=O) groups excluding carboxylic acids is 1. The third kappa shape index (κ3) is 4.86. The third-order valence-corrected chi connectivity index (χ3v) is 6.20. The molecule has 0 saturated carbocycles. The molecular formula is C28H28N2O4. The summed E-state index contributed by atoms with van der Waals surface area (Å²) in [5.41, 5.74) is 1.14. The molecule has 174 valence electrons. The molecule has 1 aliphatic heterocycles. The van der Waals surface area contributed by atoms with Gasteiger partial charge < -0.3 is 23.7 Å². The number of fused-ring (bicyclic) bond motifs is 1. The van der Waals surface area contributed by atoms with Crippen LogP contribution >= 0.6 is 0 Å². The molecular weight excluding hydrogens is 428 g/mol. The molecule has 6 nitrogen and oxygen atoms in total. The minimum atomic E-state index is -0.0754. The lowest BCUT2D eigenvalue weighted by molar-refractivity contribution is 0.0731. The Morgan fingerprint density at radius 2 is 1.65 bits per heavy atom. The summed E-state index contributed by atoms with van der Waals surface area (Å²) in [6.07, 6.45) is 0.899. The Balaban J connectivity index is 1.18. The quantitative estimate of drug-likeness (QED) is 0.390. The van der Waals surface area contributed by atoms with E-state index >= 15 is 0 Å². The Morgan fingerprint density at radius 3 is 2.47 bits per heavy atom. The second-order valence-electron chi connectivity index (χ2n) is 8.39. The first-order chi connectivity index (χ1) is 16.7. The van der Waals surface area contributed by atoms with Gasteiger partial charge in [0.25, 0.3) is 5.91 Å². The lowest BCUT2D eigenvalue weighted by Gasteiger charge is -2.23. The highest BCUT2D eigenvalue weighted by atomic mass is 16.5. The summed E-state index contributed by atoms with van der Waals surface area (Å²) in [7, 11) is 1.67. The van der Waals surface area contributed by atoms with Gasteiger partial charge in [-0.05, 0) is 65.7 Å². The number of hydrogen-bond donors (Lipinski definition) is 0. The normalized spacial score (nSPS) is 14.1. The summed E-state index contributed by atoms with van der Waals surface area (Å²) < 4.78 is 17.0. The molecule has 6 heteroatoms. The van der Waals surface area contributed by atoms with Crippen LogP contribution in [0, 0.1) is 0 Å². The second-order valence-corrected chi connectivity index (χ2v) is 8.39. The molecule has 0 bridgehead atoms. The molecule has 4 aromatic rings. The molecule has 3 aromatic carbocycles. The number of methoxy groups -OCH3 is 1. The molecule has 5 rings (SSSR count). The molecule has 1 aromatic heterocycles. The van der Waals surface area contributed by atoms with Crippen molar-refractivity contribution in [1.82, 2.24) is 4.90 Å². The molecule has 0 N–H and O–H groups in total. The zero-order chi connectivity index (χ0) is 23.3. The maximum Gasteiger partial charge on any atom is 0.289 e. The number of nitrogens with zero attached hydrogens (tertiary/aromatic N) is 2. The number of furan rings is 1. The summed E-state index contributed by atoms with van der Waals surface area (Å²) in [5.74, 6) is 2.53. The van der Waals surface area contributed by atoms with Crippen molar-refractivity contribution >= 4 is 22.4 Å². The van der Waals surface area contributed by atoms with Crippen molar-refractivity contribution in [3.05, 3.63) is 90.4 Å². The van der Waals surface area contributed by atoms with Crippen LogP contribution in [0.1, 0.15) is 22.7 Å². The molecule has 1 aliphatic rings. The molecule has 0 radical (unpaired) electrons. The molecule has 34 heavy (non-hydrogen) atoms. The molecule has 0 unspecified atom stereocenters. The minimum absolute atomic E-state index is 0.0754. The third-order valence-electron chi connectivity index (χ3n) is 6.20. The highest BCUT2D eigenvalue weighted by molar-refractivity contribution is 5.91. The lowest BCUT2D eigenvalue weighted by atomic mass is 10.1. The van der Waals surface area contributed by atoms with Gasteiger partial charge in [0, 0.05) is 31.9 Å². The maximum atomic E-state index is 13.1. The maximum absolute atomic E-state index is 13.1. The number of ether oxygens (including phenoxy) is 2. The topological polar surface area (TPSA) is 55.2 Å². The molecule has 1 saturated heterocycles. The Kier molecular flexibility index (Phi) is 6.38. The van der Waals surface area contributed by atoms with Gasteiger partial charge in [-0.2, -0.15) is 0 Å². The van der Waals surface area contributed by atoms with Gasteiger partial charge in [0.15, 0.2) is 5.76 Å². The highest BCUT2D eigenvalue weighted by Crippen LogP contribution is 2.23. The summed E-state index contributed by atoms with van der Waals surface area (Å²) in [6.45, 7) is 3.30. The van der Waals surface area contributed by atoms with Crippen LogP contribution < -0.4 is 14.4 Å². The van der Waals surface area contributed by atoms with E-state index in [1.807, 2.05) is 53.4 Å². The molecule has 1 fully saturated rings. The van der Waals surface area contributed by atoms with Crippen LogP contribution in [0.15, 0.2) is 83.3 Å². The predicted molar refractivity (Wildman–Crippen MR) is 133 cm³/mol. The molecule has 0 atom stereocenters. The Hall–Kier alpha value is -3.93. The number of anilines is 1. The highest BCUT2D eigenvalue weighted by Gasteiger charge is 2.23. The summed E-state index contributed by atoms with van der Waals surface area (Å²) in [5, 5.41) is 2.30. The standard InChI is InChI=1S/C28H28N2O4/c1-32-24-11-8-23(9-12-24)29-15-4-16-30(18-17-29)28(31)27-14-13-26(34-27)20-33-25-10-7-21-5-2-3-6-22(21)19-25/h2-3,5-14,19H,4,15-18,20H2,1H3. The molecule has 2 heterocycles. The predicted octanol–water partition coefficient (Wildman–Crippen LogP) is 5.37. The van der Waals surface area contributed by atoms with Gasteiger partial charge in [0.05, 0.1) is 7.11 Å². The van der Waals surface area contributed by atoms with E-state index in [-0.39, 0.29) is 12.5 Å². The fourth-order valence-electron chi connectivity index (χ4n) is 4.31. The van der Waals surface area contributed by atoms with Crippen molar-refractivity contribution in [1.29, 1.82) is 0 Å². The number of amides is 1. The zero-order valence-corrected chi connectivity index (χ0v) is 19.3. The van der Waals surface area contributed by atoms with Crippen molar-refractivity contribution in [3.8, 4) is 11.5 Å². The van der Waals surface area contributed by atoms with Gasteiger partial charge in [-0.15, -0.1) is 0 Å². The van der Waals surface area contributed by atoms with E-state index in [0.717, 1.165) is 42.1 Å². The summed E-state index contributed by atoms with van der Waals surface area (Å²) >= 11 is 0. The fraction of sp³-hybridized carbons (Fsp3) is 0.250. The van der Waals surface area contributed by atoms with Crippen molar-refractivity contribution in [2.75, 3.05) is 38.2 Å². The largest absolute Gasteiger partial charge is 0.497 e. The van der Waals surface area contributed by atoms with E-state index in [1.54, 1.807) is 13.2 Å². The van der Waals surface area contributed by atoms with Gasteiger partial charge in [0.2, 0.25) is 0 Å². The fourth-order valence-corrected chi connectivity index (χ4v) is 4.31. The Bertz CT molecular complexity index is 1260. The van der Waals surface area contributed by atoms with Crippen LogP contribution in [0.4, 0.5) is 5.69 Å². The molecule has 1 amide bonds. The van der Waals surface area contributed by atoms with Crippen LogP contribution in [0.2, 0.25) is 0 Å². The van der Waals surface area contributed by atoms with Crippen molar-refractivity contribution in [3.63, 3.8) is 0 Å². The monoisotopic (exact) mass is 456 g/mol. The average molecular weight is 457 g/mol.